The lowest BCUT2D eigenvalue weighted by Crippen LogP contribution is -2.02. The molecule has 0 aliphatic rings. The summed E-state index contributed by atoms with van der Waals surface area (Å²) in [7, 11) is 0. The minimum atomic E-state index is 0.588. The molecule has 13 aromatic rings. The summed E-state index contributed by atoms with van der Waals surface area (Å²) in [4.78, 5) is 15.9. The molecule has 61 heavy (non-hydrogen) atoms. The molecule has 4 heterocycles. The van der Waals surface area contributed by atoms with Crippen molar-refractivity contribution in [3.05, 3.63) is 194 Å². The number of hydrogen-bond acceptors (Lipinski definition) is 5. The number of aromatic nitrogens is 4. The molecule has 0 amide bonds. The molecule has 284 valence electrons. The molecule has 0 saturated heterocycles. The Morgan fingerprint density at radius 2 is 1.03 bits per heavy atom. The number of furan rings is 1. The van der Waals surface area contributed by atoms with Crippen LogP contribution >= 0.6 is 11.3 Å². The molecule has 0 atom stereocenters. The maximum Gasteiger partial charge on any atom is 0.164 e. The van der Waals surface area contributed by atoms with E-state index in [0.29, 0.717) is 17.5 Å². The zero-order valence-corrected chi connectivity index (χ0v) is 33.4. The van der Waals surface area contributed by atoms with Gasteiger partial charge in [-0.25, -0.2) is 15.0 Å². The van der Waals surface area contributed by atoms with Crippen LogP contribution in [0.15, 0.2) is 199 Å². The molecule has 0 saturated carbocycles. The second-order valence-corrected chi connectivity index (χ2v) is 16.6. The van der Waals surface area contributed by atoms with Crippen molar-refractivity contribution in [2.45, 2.75) is 0 Å². The fraction of sp³-hybridized carbons (Fsp3) is 0. The van der Waals surface area contributed by atoms with E-state index >= 15 is 0 Å². The van der Waals surface area contributed by atoms with Crippen LogP contribution in [0.25, 0.3) is 126 Å². The Morgan fingerprint density at radius 1 is 0.377 bits per heavy atom. The highest BCUT2D eigenvalue weighted by atomic mass is 32.1. The Bertz CT molecular complexity index is 3900. The van der Waals surface area contributed by atoms with Crippen LogP contribution in [-0.4, -0.2) is 19.5 Å². The Balaban J connectivity index is 1.13. The van der Waals surface area contributed by atoms with Crippen LogP contribution < -0.4 is 0 Å². The average Bonchev–Trinajstić information content (AvgIpc) is 4.00. The highest BCUT2D eigenvalue weighted by Gasteiger charge is 2.23. The van der Waals surface area contributed by atoms with Gasteiger partial charge in [0.2, 0.25) is 0 Å². The molecule has 0 spiro atoms. The molecule has 4 aromatic heterocycles. The predicted octanol–water partition coefficient (Wildman–Crippen LogP) is 15.1. The molecule has 0 bridgehead atoms. The van der Waals surface area contributed by atoms with Crippen molar-refractivity contribution in [3.63, 3.8) is 0 Å². The van der Waals surface area contributed by atoms with Gasteiger partial charge >= 0.3 is 0 Å². The number of fused-ring (bicyclic) bond motifs is 10. The molecule has 13 rings (SSSR count). The lowest BCUT2D eigenvalue weighted by molar-refractivity contribution is 0.669. The number of nitrogens with zero attached hydrogens (tertiary/aromatic N) is 4. The zero-order chi connectivity index (χ0) is 40.0. The molecule has 0 aliphatic carbocycles. The van der Waals surface area contributed by atoms with Gasteiger partial charge in [-0.05, 0) is 82.6 Å². The molecule has 0 fully saturated rings. The van der Waals surface area contributed by atoms with Crippen molar-refractivity contribution in [1.82, 2.24) is 19.5 Å². The van der Waals surface area contributed by atoms with Crippen molar-refractivity contribution in [3.8, 4) is 51.0 Å². The predicted molar refractivity (Wildman–Crippen MR) is 254 cm³/mol. The van der Waals surface area contributed by atoms with Gasteiger partial charge in [-0.15, -0.1) is 11.3 Å². The minimum absolute atomic E-state index is 0.588. The van der Waals surface area contributed by atoms with E-state index in [4.69, 9.17) is 19.4 Å². The summed E-state index contributed by atoms with van der Waals surface area (Å²) in [6.45, 7) is 0. The van der Waals surface area contributed by atoms with Crippen molar-refractivity contribution in [2.75, 3.05) is 0 Å². The molecule has 0 N–H and O–H groups in total. The van der Waals surface area contributed by atoms with Crippen LogP contribution in [0.5, 0.6) is 0 Å². The van der Waals surface area contributed by atoms with Crippen molar-refractivity contribution in [1.29, 1.82) is 0 Å². The van der Waals surface area contributed by atoms with E-state index < -0.39 is 0 Å². The molecule has 9 aromatic carbocycles. The molecule has 5 nitrogen and oxygen atoms in total. The Hall–Kier alpha value is -7.93. The number of thiophene rings is 1. The average molecular weight is 797 g/mol. The summed E-state index contributed by atoms with van der Waals surface area (Å²) in [5.74, 6) is 1.79. The number of hydrogen-bond donors (Lipinski definition) is 0. The maximum absolute atomic E-state index is 6.35. The maximum atomic E-state index is 6.35. The van der Waals surface area contributed by atoms with E-state index in [2.05, 4.69) is 150 Å². The van der Waals surface area contributed by atoms with Gasteiger partial charge in [0.25, 0.3) is 0 Å². The van der Waals surface area contributed by atoms with Gasteiger partial charge < -0.3 is 8.98 Å². The smallest absolute Gasteiger partial charge is 0.164 e. The van der Waals surface area contributed by atoms with Gasteiger partial charge in [-0.2, -0.15) is 0 Å². The summed E-state index contributed by atoms with van der Waals surface area (Å²) >= 11 is 1.83. The van der Waals surface area contributed by atoms with Crippen molar-refractivity contribution >= 4 is 86.0 Å². The Labute approximate surface area is 353 Å². The Kier molecular flexibility index (Phi) is 7.41. The first-order valence-corrected chi connectivity index (χ1v) is 21.2. The van der Waals surface area contributed by atoms with Gasteiger partial charge in [-0.3, -0.25) is 0 Å². The van der Waals surface area contributed by atoms with Gasteiger partial charge in [0.05, 0.1) is 11.0 Å². The van der Waals surface area contributed by atoms with Crippen LogP contribution in [0.4, 0.5) is 0 Å². The summed E-state index contributed by atoms with van der Waals surface area (Å²) < 4.78 is 11.3. The van der Waals surface area contributed by atoms with E-state index in [9.17, 15) is 0 Å². The normalized spacial score (nSPS) is 11.9. The van der Waals surface area contributed by atoms with Gasteiger partial charge in [-0.1, -0.05) is 133 Å². The van der Waals surface area contributed by atoms with Gasteiger partial charge in [0, 0.05) is 64.1 Å². The number of rotatable bonds is 5. The topological polar surface area (TPSA) is 56.7 Å². The van der Waals surface area contributed by atoms with E-state index in [1.54, 1.807) is 0 Å². The first-order chi connectivity index (χ1) is 30.2. The van der Waals surface area contributed by atoms with E-state index in [-0.39, 0.29) is 0 Å². The summed E-state index contributed by atoms with van der Waals surface area (Å²) in [5, 5.41) is 9.34. The van der Waals surface area contributed by atoms with Crippen molar-refractivity contribution in [2.24, 2.45) is 0 Å². The second kappa shape index (κ2) is 13.3. The van der Waals surface area contributed by atoms with E-state index in [0.717, 1.165) is 66.5 Å². The largest absolute Gasteiger partial charge is 0.456 e. The standard InChI is InChI=1S/C55H32N4OS/c1-2-14-33(15-3-1)53-56-54(58-55(57-53)42-22-12-25-48-51(42)40-19-7-10-24-47(40)60-48)39-29-28-36(32-43(39)38-21-13-27-50-52(38)41-20-8-11-26-49(41)61-50)59-45-23-9-6-18-37(45)44-30-34-16-4-5-17-35(34)31-46(44)59/h1-32H. The first kappa shape index (κ1) is 34.0. The zero-order valence-electron chi connectivity index (χ0n) is 32.6. The quantitative estimate of drug-likeness (QED) is 0.174. The molecule has 6 heteroatoms. The number of para-hydroxylation sites is 2. The lowest BCUT2D eigenvalue weighted by atomic mass is 9.94. The fourth-order valence-electron chi connectivity index (χ4n) is 9.32. The van der Waals surface area contributed by atoms with Crippen LogP contribution in [0.3, 0.4) is 0 Å². The molecular weight excluding hydrogens is 765 g/mol. The third-order valence-electron chi connectivity index (χ3n) is 12.0. The monoisotopic (exact) mass is 796 g/mol. The summed E-state index contributed by atoms with van der Waals surface area (Å²) in [5.41, 5.74) is 9.89. The van der Waals surface area contributed by atoms with Crippen LogP contribution in [0.1, 0.15) is 0 Å². The second-order valence-electron chi connectivity index (χ2n) is 15.5. The van der Waals surface area contributed by atoms with E-state index in [1.165, 1.54) is 41.7 Å². The molecule has 0 unspecified atom stereocenters. The Morgan fingerprint density at radius 3 is 1.92 bits per heavy atom. The van der Waals surface area contributed by atoms with Crippen molar-refractivity contribution < 1.29 is 4.42 Å². The number of benzene rings is 9. The summed E-state index contributed by atoms with van der Waals surface area (Å²) in [6, 6.07) is 68.6. The third kappa shape index (κ3) is 5.29. The third-order valence-corrected chi connectivity index (χ3v) is 13.2. The first-order valence-electron chi connectivity index (χ1n) is 20.4. The van der Waals surface area contributed by atoms with Crippen LogP contribution in [-0.2, 0) is 0 Å². The highest BCUT2D eigenvalue weighted by molar-refractivity contribution is 7.25. The minimum Gasteiger partial charge on any atom is -0.456 e. The molecule has 0 aliphatic heterocycles. The SMILES string of the molecule is c1ccc(-c2nc(-c3ccc(-n4c5ccccc5c5cc6ccccc6cc54)cc3-c3cccc4sc5ccccc5c34)nc(-c3cccc4oc5ccccc5c34)n2)cc1. The fourth-order valence-corrected chi connectivity index (χ4v) is 10.4. The van der Waals surface area contributed by atoms with Crippen LogP contribution in [0, 0.1) is 0 Å². The van der Waals surface area contributed by atoms with E-state index in [1.807, 2.05) is 59.9 Å². The van der Waals surface area contributed by atoms with Gasteiger partial charge in [0.1, 0.15) is 11.2 Å². The summed E-state index contributed by atoms with van der Waals surface area (Å²) in [6.07, 6.45) is 0. The van der Waals surface area contributed by atoms with Gasteiger partial charge in [0.15, 0.2) is 17.5 Å². The highest BCUT2D eigenvalue weighted by Crippen LogP contribution is 2.45. The van der Waals surface area contributed by atoms with Crippen LogP contribution in [0.2, 0.25) is 0 Å². The molecular formula is C55H32N4OS. The molecule has 0 radical (unpaired) electrons. The lowest BCUT2D eigenvalue weighted by Gasteiger charge is -2.16.